The third kappa shape index (κ3) is 9.70. The number of rotatable bonds is 12. The van der Waals surface area contributed by atoms with Crippen molar-refractivity contribution in [2.45, 2.75) is 39.0 Å². The molecule has 0 aliphatic heterocycles. The number of nitrogens with two attached hydrogens (primary N) is 1. The number of hydrogen-bond acceptors (Lipinski definition) is 4. The Morgan fingerprint density at radius 1 is 0.895 bits per heavy atom. The fraction of sp³-hybridized carbons (Fsp3) is 0.520. The van der Waals surface area contributed by atoms with E-state index in [1.165, 1.54) is 47.4 Å². The average molecular weight is 573 g/mol. The van der Waals surface area contributed by atoms with E-state index < -0.39 is 16.7 Å². The Labute approximate surface area is 234 Å². The lowest BCUT2D eigenvalue weighted by molar-refractivity contribution is -0.921. The minimum absolute atomic E-state index is 0.0177. The van der Waals surface area contributed by atoms with Gasteiger partial charge in [-0.25, -0.2) is 0 Å². The number of halogens is 2. The maximum absolute atomic E-state index is 12.6. The standard InChI is InChI=1S/C17H21Cl2N7O3.C8H20N/c1-25-7-9(5-11(25)15(27)22-4-3-13(20)21)23-16(28)12-6-10(8-26(12)2)24-17(29)14(18)19;1-5-9(6-2,7-3)8-4/h5-8,14H,3-4H2,1-2H3,(H3,20,21)(H,22,27)(H,23,28)(H,24,29);5-8H2,1-4H3/q;+1. The summed E-state index contributed by atoms with van der Waals surface area (Å²) >= 11 is 11.0. The van der Waals surface area contributed by atoms with Crippen LogP contribution < -0.4 is 21.7 Å². The molecule has 6 N–H and O–H groups in total. The van der Waals surface area contributed by atoms with Gasteiger partial charge in [0.05, 0.1) is 43.4 Å². The summed E-state index contributed by atoms with van der Waals surface area (Å²) in [5.41, 5.74) is 6.65. The number of carbonyl (C=O) groups is 3. The Kier molecular flexibility index (Phi) is 13.4. The molecule has 2 rings (SSSR count). The van der Waals surface area contributed by atoms with Crippen molar-refractivity contribution in [2.24, 2.45) is 19.8 Å². The third-order valence-electron chi connectivity index (χ3n) is 6.56. The van der Waals surface area contributed by atoms with E-state index in [1.54, 1.807) is 31.1 Å². The Balaban J connectivity index is 0.000000686. The van der Waals surface area contributed by atoms with Crippen LogP contribution in [0.4, 0.5) is 11.4 Å². The van der Waals surface area contributed by atoms with Crippen molar-refractivity contribution in [3.63, 3.8) is 0 Å². The smallest absolute Gasteiger partial charge is 0.272 e. The molecular formula is C25H41Cl2N8O3+. The zero-order valence-electron chi connectivity index (χ0n) is 23.0. The predicted octanol–water partition coefficient (Wildman–Crippen LogP) is 3.30. The van der Waals surface area contributed by atoms with Crippen LogP contribution in [0.5, 0.6) is 0 Å². The highest BCUT2D eigenvalue weighted by Crippen LogP contribution is 2.18. The van der Waals surface area contributed by atoms with Crippen LogP contribution in [0.25, 0.3) is 0 Å². The summed E-state index contributed by atoms with van der Waals surface area (Å²) in [6.07, 6.45) is 3.39. The van der Waals surface area contributed by atoms with Crippen LogP contribution in [0, 0.1) is 5.41 Å². The largest absolute Gasteiger partial charge is 0.388 e. The molecule has 212 valence electrons. The number of nitrogens with zero attached hydrogens (tertiary/aromatic N) is 3. The monoisotopic (exact) mass is 571 g/mol. The van der Waals surface area contributed by atoms with Crippen molar-refractivity contribution in [1.82, 2.24) is 14.5 Å². The van der Waals surface area contributed by atoms with Gasteiger partial charge in [0.25, 0.3) is 17.7 Å². The average Bonchev–Trinajstić information content (AvgIpc) is 3.42. The number of alkyl halides is 2. The molecule has 0 atom stereocenters. The summed E-state index contributed by atoms with van der Waals surface area (Å²) in [6, 6.07) is 3.00. The fourth-order valence-electron chi connectivity index (χ4n) is 3.85. The topological polar surface area (TPSA) is 147 Å². The van der Waals surface area contributed by atoms with Crippen LogP contribution in [0.1, 0.15) is 55.1 Å². The van der Waals surface area contributed by atoms with E-state index in [1.807, 2.05) is 0 Å². The maximum Gasteiger partial charge on any atom is 0.272 e. The van der Waals surface area contributed by atoms with Crippen molar-refractivity contribution in [1.29, 1.82) is 5.41 Å². The maximum atomic E-state index is 12.6. The van der Waals surface area contributed by atoms with Crippen LogP contribution in [0.15, 0.2) is 24.5 Å². The van der Waals surface area contributed by atoms with Gasteiger partial charge < -0.3 is 35.3 Å². The Hall–Kier alpha value is -3.02. The number of nitrogens with one attached hydrogen (secondary N) is 4. The summed E-state index contributed by atoms with van der Waals surface area (Å²) in [5, 5.41) is 15.0. The summed E-state index contributed by atoms with van der Waals surface area (Å²) in [5.74, 6) is -1.41. The van der Waals surface area contributed by atoms with Crippen LogP contribution >= 0.6 is 23.2 Å². The van der Waals surface area contributed by atoms with Gasteiger partial charge in [-0.05, 0) is 39.8 Å². The zero-order chi connectivity index (χ0) is 29.0. The highest BCUT2D eigenvalue weighted by atomic mass is 35.5. The number of amidine groups is 1. The number of anilines is 2. The van der Waals surface area contributed by atoms with Gasteiger partial charge in [-0.2, -0.15) is 0 Å². The molecule has 0 spiro atoms. The van der Waals surface area contributed by atoms with Gasteiger partial charge in [0, 0.05) is 39.5 Å². The summed E-state index contributed by atoms with van der Waals surface area (Å²) in [4.78, 5) is 35.1. The molecule has 0 saturated carbocycles. The van der Waals surface area contributed by atoms with Gasteiger partial charge in [0.2, 0.25) is 0 Å². The molecular weight excluding hydrogens is 531 g/mol. The molecule has 0 fully saturated rings. The lowest BCUT2D eigenvalue weighted by Crippen LogP contribution is -2.47. The molecule has 2 aromatic heterocycles. The fourth-order valence-corrected chi connectivity index (χ4v) is 3.96. The second kappa shape index (κ2) is 15.4. The summed E-state index contributed by atoms with van der Waals surface area (Å²) < 4.78 is 4.37. The lowest BCUT2D eigenvalue weighted by atomic mass is 10.3. The quantitative estimate of drug-likeness (QED) is 0.115. The van der Waals surface area contributed by atoms with Gasteiger partial charge in [-0.15, -0.1) is 0 Å². The van der Waals surface area contributed by atoms with E-state index in [0.717, 1.165) is 0 Å². The van der Waals surface area contributed by atoms with E-state index in [4.69, 9.17) is 34.3 Å². The van der Waals surface area contributed by atoms with E-state index >= 15 is 0 Å². The van der Waals surface area contributed by atoms with Gasteiger partial charge in [-0.3, -0.25) is 19.8 Å². The first-order valence-corrected chi connectivity index (χ1v) is 13.4. The van der Waals surface area contributed by atoms with Gasteiger partial charge in [0.1, 0.15) is 11.4 Å². The van der Waals surface area contributed by atoms with Crippen LogP contribution in [-0.4, -0.2) is 74.7 Å². The number of quaternary nitrogens is 1. The molecule has 2 aromatic rings. The molecule has 0 radical (unpaired) electrons. The number of carbonyl (C=O) groups excluding carboxylic acids is 3. The molecule has 0 saturated heterocycles. The molecule has 11 nitrogen and oxygen atoms in total. The van der Waals surface area contributed by atoms with E-state index in [0.29, 0.717) is 17.1 Å². The molecule has 0 unspecified atom stereocenters. The molecule has 0 aromatic carbocycles. The SMILES string of the molecule is CC[N+](CC)(CC)CC.Cn1cc(NC(=O)c2cc(NC(=O)C(Cl)Cl)cn2C)cc1C(=O)NCCC(=N)N. The van der Waals surface area contributed by atoms with E-state index in [2.05, 4.69) is 43.6 Å². The van der Waals surface area contributed by atoms with Crippen LogP contribution in [0.3, 0.4) is 0 Å². The number of aryl methyl sites for hydroxylation is 2. The summed E-state index contributed by atoms with van der Waals surface area (Å²) in [7, 11) is 3.31. The third-order valence-corrected chi connectivity index (χ3v) is 6.96. The van der Waals surface area contributed by atoms with Crippen molar-refractivity contribution in [3.05, 3.63) is 35.9 Å². The van der Waals surface area contributed by atoms with Gasteiger partial charge >= 0.3 is 0 Å². The molecule has 0 aliphatic carbocycles. The molecule has 0 bridgehead atoms. The van der Waals surface area contributed by atoms with Crippen LogP contribution in [-0.2, 0) is 18.9 Å². The normalized spacial score (nSPS) is 11.0. The van der Waals surface area contributed by atoms with Crippen molar-refractivity contribution in [2.75, 3.05) is 43.4 Å². The first-order valence-electron chi connectivity index (χ1n) is 12.5. The summed E-state index contributed by atoms with van der Waals surface area (Å²) in [6.45, 7) is 14.5. The lowest BCUT2D eigenvalue weighted by Gasteiger charge is -2.34. The second-order valence-corrected chi connectivity index (χ2v) is 9.93. The van der Waals surface area contributed by atoms with Gasteiger partial charge in [-0.1, -0.05) is 23.2 Å². The van der Waals surface area contributed by atoms with Crippen molar-refractivity contribution >= 4 is 58.1 Å². The minimum Gasteiger partial charge on any atom is -0.388 e. The molecule has 3 amide bonds. The molecule has 38 heavy (non-hydrogen) atoms. The number of amides is 3. The first kappa shape index (κ1) is 33.0. The first-order chi connectivity index (χ1) is 17.8. The van der Waals surface area contributed by atoms with Crippen molar-refractivity contribution < 1.29 is 18.9 Å². The van der Waals surface area contributed by atoms with Crippen molar-refractivity contribution in [3.8, 4) is 0 Å². The molecule has 0 aliphatic rings. The number of hydrogen-bond donors (Lipinski definition) is 5. The Bertz CT molecular complexity index is 1090. The minimum atomic E-state index is -1.23. The van der Waals surface area contributed by atoms with Crippen LogP contribution in [0.2, 0.25) is 0 Å². The number of aromatic nitrogens is 2. The van der Waals surface area contributed by atoms with E-state index in [-0.39, 0.29) is 30.4 Å². The molecule has 2 heterocycles. The zero-order valence-corrected chi connectivity index (χ0v) is 24.5. The molecule has 13 heteroatoms. The van der Waals surface area contributed by atoms with Gasteiger partial charge in [0.15, 0.2) is 4.84 Å². The Morgan fingerprint density at radius 3 is 1.74 bits per heavy atom. The van der Waals surface area contributed by atoms with E-state index in [9.17, 15) is 14.4 Å². The highest BCUT2D eigenvalue weighted by molar-refractivity contribution is 6.54. The highest BCUT2D eigenvalue weighted by Gasteiger charge is 2.18. The second-order valence-electron chi connectivity index (χ2n) is 8.83. The predicted molar refractivity (Wildman–Crippen MR) is 154 cm³/mol. The Morgan fingerprint density at radius 2 is 1.34 bits per heavy atom.